The van der Waals surface area contributed by atoms with Gasteiger partial charge in [-0.05, 0) is 25.8 Å². The number of amides is 1. The zero-order valence-corrected chi connectivity index (χ0v) is 16.6. The highest BCUT2D eigenvalue weighted by Gasteiger charge is 2.61. The van der Waals surface area contributed by atoms with E-state index in [0.29, 0.717) is 0 Å². The van der Waals surface area contributed by atoms with Crippen LogP contribution in [0.25, 0.3) is 0 Å². The van der Waals surface area contributed by atoms with Crippen molar-refractivity contribution < 1.29 is 59.1 Å². The molecule has 1 saturated carbocycles. The highest BCUT2D eigenvalue weighted by atomic mass is 19.4. The SMILES string of the molecule is O=C(OC1CNCCC12N=C(C1CCC(F)(F)CC1)N(OC(=O)C(F)(F)F)C2=O)C(F)(F)F. The number of carbonyl (C=O) groups excluding carboxylic acids is 3. The number of nitrogens with zero attached hydrogens (tertiary/aromatic N) is 2. The van der Waals surface area contributed by atoms with Gasteiger partial charge in [-0.15, -0.1) is 5.06 Å². The van der Waals surface area contributed by atoms with Crippen LogP contribution >= 0.6 is 0 Å². The van der Waals surface area contributed by atoms with Gasteiger partial charge in [-0.25, -0.2) is 23.4 Å². The Bertz CT molecular complexity index is 849. The number of hydrogen-bond donors (Lipinski definition) is 1. The quantitative estimate of drug-likeness (QED) is 0.477. The van der Waals surface area contributed by atoms with Gasteiger partial charge < -0.3 is 14.9 Å². The minimum atomic E-state index is -5.54. The van der Waals surface area contributed by atoms with Crippen LogP contribution in [0.2, 0.25) is 0 Å². The topological polar surface area (TPSA) is 97.3 Å². The number of esters is 1. The van der Waals surface area contributed by atoms with Crippen LogP contribution in [0.1, 0.15) is 32.1 Å². The van der Waals surface area contributed by atoms with Crippen molar-refractivity contribution >= 4 is 23.7 Å². The molecule has 2 unspecified atom stereocenters. The van der Waals surface area contributed by atoms with E-state index in [2.05, 4.69) is 19.9 Å². The first-order valence-electron chi connectivity index (χ1n) is 9.67. The van der Waals surface area contributed by atoms with Crippen molar-refractivity contribution in [2.24, 2.45) is 10.9 Å². The molecule has 2 fully saturated rings. The first-order chi connectivity index (χ1) is 15.1. The number of piperidine rings is 1. The van der Waals surface area contributed by atoms with Gasteiger partial charge in [0.15, 0.2) is 5.54 Å². The molecule has 0 bridgehead atoms. The fourth-order valence-electron chi connectivity index (χ4n) is 3.91. The maximum Gasteiger partial charge on any atom is 0.493 e. The van der Waals surface area contributed by atoms with Crippen molar-refractivity contribution in [2.45, 2.75) is 62.0 Å². The summed E-state index contributed by atoms with van der Waals surface area (Å²) < 4.78 is 108. The molecule has 0 aromatic heterocycles. The monoisotopic (exact) mass is 495 g/mol. The normalized spacial score (nSPS) is 28.6. The largest absolute Gasteiger partial charge is 0.493 e. The molecule has 0 aromatic carbocycles. The Labute approximate surface area is 180 Å². The van der Waals surface area contributed by atoms with Crippen molar-refractivity contribution in [3.05, 3.63) is 0 Å². The molecule has 3 rings (SSSR count). The van der Waals surface area contributed by atoms with Gasteiger partial charge in [0, 0.05) is 25.3 Å². The van der Waals surface area contributed by atoms with Gasteiger partial charge in [0.1, 0.15) is 11.9 Å². The summed E-state index contributed by atoms with van der Waals surface area (Å²) in [7, 11) is 0. The van der Waals surface area contributed by atoms with Gasteiger partial charge in [-0.3, -0.25) is 4.79 Å². The molecular weight excluding hydrogens is 478 g/mol. The molecule has 2 atom stereocenters. The van der Waals surface area contributed by atoms with Gasteiger partial charge in [0.2, 0.25) is 5.92 Å². The first-order valence-corrected chi connectivity index (χ1v) is 9.67. The van der Waals surface area contributed by atoms with E-state index in [1.54, 1.807) is 0 Å². The lowest BCUT2D eigenvalue weighted by atomic mass is 9.85. The van der Waals surface area contributed by atoms with Gasteiger partial charge in [0.05, 0.1) is 0 Å². The molecule has 1 spiro atoms. The molecule has 0 aromatic rings. The van der Waals surface area contributed by atoms with Crippen LogP contribution in [0.15, 0.2) is 4.99 Å². The van der Waals surface area contributed by atoms with Gasteiger partial charge in [-0.1, -0.05) is 0 Å². The smallest absolute Gasteiger partial charge is 0.451 e. The third-order valence-electron chi connectivity index (χ3n) is 5.59. The zero-order valence-electron chi connectivity index (χ0n) is 16.6. The Kier molecular flexibility index (Phi) is 6.36. The van der Waals surface area contributed by atoms with Gasteiger partial charge >= 0.3 is 24.3 Å². The molecule has 2 aliphatic heterocycles. The van der Waals surface area contributed by atoms with E-state index in [0.717, 1.165) is 0 Å². The number of nitrogens with one attached hydrogen (secondary N) is 1. The maximum atomic E-state index is 13.5. The molecular formula is C17H17F8N3O5. The standard InChI is InChI=1S/C17H17F8N3O5/c18-14(19)3-1-8(2-4-14)10-27-15(11(29)28(10)33-13(31)17(23,24)25)5-6-26-7-9(15)32-12(30)16(20,21)22/h8-9,26H,1-7H2. The number of alkyl halides is 8. The van der Waals surface area contributed by atoms with Gasteiger partial charge in [0.25, 0.3) is 5.91 Å². The maximum absolute atomic E-state index is 13.5. The Hall–Kier alpha value is -2.52. The van der Waals surface area contributed by atoms with E-state index in [4.69, 9.17) is 0 Å². The van der Waals surface area contributed by atoms with Crippen LogP contribution in [-0.2, 0) is 24.0 Å². The molecule has 186 valence electrons. The molecule has 1 amide bonds. The molecule has 1 N–H and O–H groups in total. The Balaban J connectivity index is 1.98. The lowest BCUT2D eigenvalue weighted by Crippen LogP contribution is -2.60. The summed E-state index contributed by atoms with van der Waals surface area (Å²) in [6.45, 7) is -0.583. The van der Waals surface area contributed by atoms with Crippen molar-refractivity contribution in [2.75, 3.05) is 13.1 Å². The number of carbonyl (C=O) groups is 3. The fraction of sp³-hybridized carbons (Fsp3) is 0.765. The predicted molar refractivity (Wildman–Crippen MR) is 89.5 cm³/mol. The predicted octanol–water partition coefficient (Wildman–Crippen LogP) is 2.28. The Morgan fingerprint density at radius 3 is 2.12 bits per heavy atom. The van der Waals surface area contributed by atoms with Crippen LogP contribution in [0.3, 0.4) is 0 Å². The van der Waals surface area contributed by atoms with Crippen molar-refractivity contribution in [3.8, 4) is 0 Å². The average molecular weight is 495 g/mol. The van der Waals surface area contributed by atoms with Crippen molar-refractivity contribution in [3.63, 3.8) is 0 Å². The lowest BCUT2D eigenvalue weighted by Gasteiger charge is -2.36. The number of halogens is 8. The van der Waals surface area contributed by atoms with Crippen LogP contribution < -0.4 is 5.32 Å². The molecule has 2 heterocycles. The first kappa shape index (κ1) is 25.1. The number of amidine groups is 1. The summed E-state index contributed by atoms with van der Waals surface area (Å²) in [5.41, 5.74) is -2.33. The van der Waals surface area contributed by atoms with Crippen molar-refractivity contribution in [1.82, 2.24) is 10.4 Å². The molecule has 16 heteroatoms. The second-order valence-corrected chi connectivity index (χ2v) is 7.85. The van der Waals surface area contributed by atoms with Gasteiger partial charge in [-0.2, -0.15) is 26.3 Å². The highest BCUT2D eigenvalue weighted by Crippen LogP contribution is 2.42. The van der Waals surface area contributed by atoms with E-state index in [-0.39, 0.29) is 24.4 Å². The Morgan fingerprint density at radius 2 is 1.58 bits per heavy atom. The number of hydroxylamine groups is 2. The Morgan fingerprint density at radius 1 is 1.00 bits per heavy atom. The summed E-state index contributed by atoms with van der Waals surface area (Å²) in [5.74, 6) is -11.7. The third kappa shape index (κ3) is 5.04. The number of hydrogen-bond acceptors (Lipinski definition) is 7. The molecule has 1 aliphatic carbocycles. The highest BCUT2D eigenvalue weighted by molar-refractivity contribution is 6.09. The summed E-state index contributed by atoms with van der Waals surface area (Å²) in [5, 5.41) is 2.47. The number of ether oxygens (including phenoxy) is 1. The average Bonchev–Trinajstić information content (AvgIpc) is 2.95. The van der Waals surface area contributed by atoms with Crippen molar-refractivity contribution in [1.29, 1.82) is 0 Å². The van der Waals surface area contributed by atoms with Crippen LogP contribution in [0, 0.1) is 5.92 Å². The van der Waals surface area contributed by atoms with E-state index >= 15 is 0 Å². The van der Waals surface area contributed by atoms with E-state index in [9.17, 15) is 49.5 Å². The van der Waals surface area contributed by atoms with E-state index in [1.165, 1.54) is 0 Å². The zero-order chi connectivity index (χ0) is 24.8. The molecule has 33 heavy (non-hydrogen) atoms. The van der Waals surface area contributed by atoms with Crippen LogP contribution in [0.4, 0.5) is 35.1 Å². The molecule has 0 radical (unpaired) electrons. The second-order valence-electron chi connectivity index (χ2n) is 7.85. The lowest BCUT2D eigenvalue weighted by molar-refractivity contribution is -0.227. The van der Waals surface area contributed by atoms with Crippen LogP contribution in [0.5, 0.6) is 0 Å². The molecule has 1 saturated heterocycles. The van der Waals surface area contributed by atoms with Crippen LogP contribution in [-0.4, -0.2) is 71.8 Å². The third-order valence-corrected chi connectivity index (χ3v) is 5.59. The second kappa shape index (κ2) is 8.36. The number of rotatable bonds is 3. The summed E-state index contributed by atoms with van der Waals surface area (Å²) in [6, 6.07) is 0. The minimum absolute atomic E-state index is 0.0631. The van der Waals surface area contributed by atoms with E-state index in [1.807, 2.05) is 0 Å². The minimum Gasteiger partial charge on any atom is -0.451 e. The number of aliphatic imine (C=N–C) groups is 1. The van der Waals surface area contributed by atoms with E-state index < -0.39 is 85.3 Å². The summed E-state index contributed by atoms with van der Waals surface area (Å²) in [4.78, 5) is 44.0. The fourth-order valence-corrected chi connectivity index (χ4v) is 3.91. The summed E-state index contributed by atoms with van der Waals surface area (Å²) >= 11 is 0. The summed E-state index contributed by atoms with van der Waals surface area (Å²) in [6.07, 6.45) is -15.4. The molecule has 8 nitrogen and oxygen atoms in total. The molecule has 3 aliphatic rings.